The van der Waals surface area contributed by atoms with Gasteiger partial charge in [-0.2, -0.15) is 0 Å². The molecule has 1 aliphatic carbocycles. The minimum atomic E-state index is -0.176. The van der Waals surface area contributed by atoms with Gasteiger partial charge in [0.15, 0.2) is 0 Å². The lowest BCUT2D eigenvalue weighted by atomic mass is 9.93. The summed E-state index contributed by atoms with van der Waals surface area (Å²) in [5, 5.41) is 4.93. The van der Waals surface area contributed by atoms with E-state index in [-0.39, 0.29) is 11.9 Å². The highest BCUT2D eigenvalue weighted by Crippen LogP contribution is 2.39. The number of aromatic nitrogens is 1. The van der Waals surface area contributed by atoms with E-state index < -0.39 is 0 Å². The molecule has 1 heterocycles. The highest BCUT2D eigenvalue weighted by Gasteiger charge is 2.32. The number of nitrogens with zero attached hydrogens (tertiary/aromatic N) is 1. The number of methoxy groups -OCH3 is 1. The Balaban J connectivity index is 1.99. The molecular formula is C17H18ClNO3. The Labute approximate surface area is 134 Å². The van der Waals surface area contributed by atoms with Crippen LogP contribution < -0.4 is 0 Å². The van der Waals surface area contributed by atoms with E-state index in [0.717, 1.165) is 35.4 Å². The molecule has 0 saturated carbocycles. The summed E-state index contributed by atoms with van der Waals surface area (Å²) in [6, 6.07) is 7.57. The third-order valence-electron chi connectivity index (χ3n) is 4.33. The standard InChI is InChI=1S/C17H18ClNO3/c1-10-3-4-12(17(20)21-2)9-14-15(10)16(19-22-14)11-5-7-13(18)8-6-11/h5-8,10,12H,3-4,9H2,1-2H3/t10-,12-/m1/s1. The summed E-state index contributed by atoms with van der Waals surface area (Å²) in [7, 11) is 1.43. The third kappa shape index (κ3) is 2.75. The summed E-state index contributed by atoms with van der Waals surface area (Å²) in [6.45, 7) is 2.15. The molecule has 0 aliphatic heterocycles. The highest BCUT2D eigenvalue weighted by molar-refractivity contribution is 6.30. The van der Waals surface area contributed by atoms with Gasteiger partial charge in [-0.05, 0) is 30.9 Å². The largest absolute Gasteiger partial charge is 0.469 e. The van der Waals surface area contributed by atoms with E-state index in [9.17, 15) is 4.79 Å². The van der Waals surface area contributed by atoms with Gasteiger partial charge in [0.05, 0.1) is 13.0 Å². The zero-order valence-corrected chi connectivity index (χ0v) is 13.4. The number of fused-ring (bicyclic) bond motifs is 1. The zero-order valence-electron chi connectivity index (χ0n) is 12.6. The molecule has 0 saturated heterocycles. The van der Waals surface area contributed by atoms with Crippen LogP contribution in [0.15, 0.2) is 28.8 Å². The zero-order chi connectivity index (χ0) is 15.7. The van der Waals surface area contributed by atoms with Crippen LogP contribution in [0, 0.1) is 5.92 Å². The van der Waals surface area contributed by atoms with Crippen LogP contribution in [0.5, 0.6) is 0 Å². The Morgan fingerprint density at radius 3 is 2.73 bits per heavy atom. The van der Waals surface area contributed by atoms with Gasteiger partial charge >= 0.3 is 5.97 Å². The molecule has 0 radical (unpaired) electrons. The summed E-state index contributed by atoms with van der Waals surface area (Å²) >= 11 is 5.95. The second kappa shape index (κ2) is 6.13. The van der Waals surface area contributed by atoms with Crippen molar-refractivity contribution in [1.29, 1.82) is 0 Å². The first kappa shape index (κ1) is 15.1. The van der Waals surface area contributed by atoms with E-state index in [0.29, 0.717) is 17.4 Å². The second-order valence-corrected chi connectivity index (χ2v) is 6.21. The molecule has 0 unspecified atom stereocenters. The fourth-order valence-corrected chi connectivity index (χ4v) is 3.22. The van der Waals surface area contributed by atoms with Crippen LogP contribution in [-0.2, 0) is 16.0 Å². The lowest BCUT2D eigenvalue weighted by Gasteiger charge is -2.11. The Hall–Kier alpha value is -1.81. The van der Waals surface area contributed by atoms with E-state index in [4.69, 9.17) is 20.9 Å². The smallest absolute Gasteiger partial charge is 0.309 e. The van der Waals surface area contributed by atoms with Crippen LogP contribution in [0.25, 0.3) is 11.3 Å². The van der Waals surface area contributed by atoms with Crippen molar-refractivity contribution in [2.45, 2.75) is 32.1 Å². The highest BCUT2D eigenvalue weighted by atomic mass is 35.5. The fourth-order valence-electron chi connectivity index (χ4n) is 3.09. The van der Waals surface area contributed by atoms with Gasteiger partial charge < -0.3 is 9.26 Å². The number of halogens is 1. The molecule has 22 heavy (non-hydrogen) atoms. The minimum Gasteiger partial charge on any atom is -0.469 e. The normalized spacial score (nSPS) is 21.0. The second-order valence-electron chi connectivity index (χ2n) is 5.78. The molecule has 0 amide bonds. The van der Waals surface area contributed by atoms with E-state index >= 15 is 0 Å². The van der Waals surface area contributed by atoms with Crippen molar-refractivity contribution in [3.05, 3.63) is 40.6 Å². The van der Waals surface area contributed by atoms with Crippen molar-refractivity contribution in [3.63, 3.8) is 0 Å². The average molecular weight is 320 g/mol. The van der Waals surface area contributed by atoms with E-state index in [1.807, 2.05) is 24.3 Å². The van der Waals surface area contributed by atoms with E-state index in [1.54, 1.807) is 0 Å². The van der Waals surface area contributed by atoms with E-state index in [1.165, 1.54) is 7.11 Å². The van der Waals surface area contributed by atoms with Gasteiger partial charge in [-0.15, -0.1) is 0 Å². The third-order valence-corrected chi connectivity index (χ3v) is 4.58. The number of hydrogen-bond acceptors (Lipinski definition) is 4. The van der Waals surface area contributed by atoms with Crippen LogP contribution in [0.3, 0.4) is 0 Å². The van der Waals surface area contributed by atoms with Gasteiger partial charge in [-0.25, -0.2) is 0 Å². The predicted octanol–water partition coefficient (Wildman–Crippen LogP) is 4.22. The molecule has 2 atom stereocenters. The van der Waals surface area contributed by atoms with Gasteiger partial charge in [-0.3, -0.25) is 4.79 Å². The number of benzene rings is 1. The number of hydrogen-bond donors (Lipinski definition) is 0. The molecule has 0 bridgehead atoms. The molecule has 0 N–H and O–H groups in total. The molecule has 5 heteroatoms. The number of rotatable bonds is 2. The molecule has 1 aromatic heterocycles. The average Bonchev–Trinajstić information content (AvgIpc) is 2.87. The van der Waals surface area contributed by atoms with Gasteiger partial charge in [0.2, 0.25) is 0 Å². The van der Waals surface area contributed by atoms with Gasteiger partial charge in [-0.1, -0.05) is 35.8 Å². The first-order valence-electron chi connectivity index (χ1n) is 7.42. The monoisotopic (exact) mass is 319 g/mol. The maximum absolute atomic E-state index is 11.9. The lowest BCUT2D eigenvalue weighted by molar-refractivity contribution is -0.145. The summed E-state index contributed by atoms with van der Waals surface area (Å²) in [5.41, 5.74) is 2.94. The molecule has 1 aromatic carbocycles. The van der Waals surface area contributed by atoms with Gasteiger partial charge in [0, 0.05) is 22.6 Å². The Kier molecular flexibility index (Phi) is 4.21. The van der Waals surface area contributed by atoms with Gasteiger partial charge in [0.25, 0.3) is 0 Å². The maximum Gasteiger partial charge on any atom is 0.309 e. The quantitative estimate of drug-likeness (QED) is 0.614. The first-order valence-corrected chi connectivity index (χ1v) is 7.80. The number of ether oxygens (including phenoxy) is 1. The first-order chi connectivity index (χ1) is 10.6. The maximum atomic E-state index is 11.9. The molecule has 0 spiro atoms. The van der Waals surface area contributed by atoms with Crippen LogP contribution in [0.2, 0.25) is 5.02 Å². The SMILES string of the molecule is COC(=O)[C@@H]1CC[C@@H](C)c2c(-c3ccc(Cl)cc3)noc2C1. The fraction of sp³-hybridized carbons (Fsp3) is 0.412. The topological polar surface area (TPSA) is 52.3 Å². The van der Waals surface area contributed by atoms with Crippen molar-refractivity contribution < 1.29 is 14.1 Å². The molecular weight excluding hydrogens is 302 g/mol. The van der Waals surface area contributed by atoms with E-state index in [2.05, 4.69) is 12.1 Å². The van der Waals surface area contributed by atoms with Crippen molar-refractivity contribution in [2.24, 2.45) is 5.92 Å². The molecule has 0 fully saturated rings. The Bertz CT molecular complexity index is 678. The number of esters is 1. The predicted molar refractivity (Wildman–Crippen MR) is 83.8 cm³/mol. The molecule has 2 aromatic rings. The van der Waals surface area contributed by atoms with Crippen molar-refractivity contribution >= 4 is 17.6 Å². The number of carbonyl (C=O) groups excluding carboxylic acids is 1. The summed E-state index contributed by atoms with van der Waals surface area (Å²) in [5.74, 6) is 0.760. The summed E-state index contributed by atoms with van der Waals surface area (Å²) in [4.78, 5) is 11.9. The molecule has 1 aliphatic rings. The van der Waals surface area contributed by atoms with Crippen molar-refractivity contribution in [2.75, 3.05) is 7.11 Å². The van der Waals surface area contributed by atoms with Gasteiger partial charge in [0.1, 0.15) is 11.5 Å². The molecule has 116 valence electrons. The van der Waals surface area contributed by atoms with Crippen LogP contribution in [-0.4, -0.2) is 18.2 Å². The Morgan fingerprint density at radius 2 is 2.05 bits per heavy atom. The Morgan fingerprint density at radius 1 is 1.32 bits per heavy atom. The molecule has 4 nitrogen and oxygen atoms in total. The number of carbonyl (C=O) groups is 1. The van der Waals surface area contributed by atoms with Crippen molar-refractivity contribution in [1.82, 2.24) is 5.16 Å². The van der Waals surface area contributed by atoms with Crippen LogP contribution in [0.4, 0.5) is 0 Å². The minimum absolute atomic E-state index is 0.153. The summed E-state index contributed by atoms with van der Waals surface area (Å²) < 4.78 is 10.4. The van der Waals surface area contributed by atoms with Crippen LogP contribution in [0.1, 0.15) is 37.0 Å². The van der Waals surface area contributed by atoms with Crippen molar-refractivity contribution in [3.8, 4) is 11.3 Å². The summed E-state index contributed by atoms with van der Waals surface area (Å²) in [6.07, 6.45) is 2.26. The lowest BCUT2D eigenvalue weighted by Crippen LogP contribution is -2.17. The molecule has 3 rings (SSSR count). The van der Waals surface area contributed by atoms with Crippen LogP contribution >= 0.6 is 11.6 Å².